The molecule has 0 amide bonds. The summed E-state index contributed by atoms with van der Waals surface area (Å²) in [7, 11) is 0. The molecule has 2 heterocycles. The van der Waals surface area contributed by atoms with Gasteiger partial charge in [-0.2, -0.15) is 0 Å². The molecule has 0 unspecified atom stereocenters. The Bertz CT molecular complexity index is 672. The second-order valence-corrected chi connectivity index (χ2v) is 4.24. The minimum absolute atomic E-state index is 0.768. The number of aryl methyl sites for hydroxylation is 1. The maximum atomic E-state index is 4.28. The third kappa shape index (κ3) is 1.93. The van der Waals surface area contributed by atoms with Gasteiger partial charge in [-0.15, -0.1) is 0 Å². The predicted molar refractivity (Wildman–Crippen MR) is 72.4 cm³/mol. The predicted octanol–water partition coefficient (Wildman–Crippen LogP) is 2.88. The average molecular weight is 238 g/mol. The number of nitrogens with zero attached hydrogens (tertiary/aromatic N) is 2. The number of aromatic nitrogens is 3. The highest BCUT2D eigenvalue weighted by molar-refractivity contribution is 5.86. The van der Waals surface area contributed by atoms with E-state index in [4.69, 9.17) is 0 Å². The molecule has 2 aromatic heterocycles. The molecule has 1 aromatic carbocycles. The van der Waals surface area contributed by atoms with E-state index in [0.29, 0.717) is 0 Å². The first-order valence-electron chi connectivity index (χ1n) is 5.91. The molecule has 0 saturated heterocycles. The Morgan fingerprint density at radius 2 is 2.06 bits per heavy atom. The molecule has 0 spiro atoms. The van der Waals surface area contributed by atoms with Crippen LogP contribution in [0, 0.1) is 6.92 Å². The number of rotatable bonds is 3. The smallest absolute Gasteiger partial charge is 0.142 e. The molecular formula is C14H14N4. The molecule has 0 fully saturated rings. The number of fused-ring (bicyclic) bond motifs is 1. The Morgan fingerprint density at radius 1 is 1.17 bits per heavy atom. The summed E-state index contributed by atoms with van der Waals surface area (Å²) >= 11 is 0. The lowest BCUT2D eigenvalue weighted by Crippen LogP contribution is -2.03. The maximum absolute atomic E-state index is 4.28. The van der Waals surface area contributed by atoms with E-state index in [1.165, 1.54) is 11.1 Å². The highest BCUT2D eigenvalue weighted by Gasteiger charge is 2.04. The Labute approximate surface area is 105 Å². The number of aromatic amines is 1. The van der Waals surface area contributed by atoms with Crippen molar-refractivity contribution in [3.63, 3.8) is 0 Å². The van der Waals surface area contributed by atoms with Crippen molar-refractivity contribution in [2.24, 2.45) is 0 Å². The van der Waals surface area contributed by atoms with E-state index in [1.54, 1.807) is 6.33 Å². The van der Waals surface area contributed by atoms with Crippen molar-refractivity contribution in [3.05, 3.63) is 54.0 Å². The van der Waals surface area contributed by atoms with Crippen LogP contribution in [0.5, 0.6) is 0 Å². The summed E-state index contributed by atoms with van der Waals surface area (Å²) < 4.78 is 0. The Hall–Kier alpha value is -2.36. The molecule has 0 bridgehead atoms. The average Bonchev–Trinajstić information content (AvgIpc) is 2.86. The number of hydrogen-bond donors (Lipinski definition) is 2. The second kappa shape index (κ2) is 4.49. The lowest BCUT2D eigenvalue weighted by molar-refractivity contribution is 1.08. The Kier molecular flexibility index (Phi) is 2.68. The van der Waals surface area contributed by atoms with E-state index in [-0.39, 0.29) is 0 Å². The lowest BCUT2D eigenvalue weighted by Gasteiger charge is -2.08. The van der Waals surface area contributed by atoms with E-state index >= 15 is 0 Å². The van der Waals surface area contributed by atoms with Gasteiger partial charge < -0.3 is 10.3 Å². The molecule has 0 aliphatic rings. The first-order chi connectivity index (χ1) is 8.84. The van der Waals surface area contributed by atoms with Crippen LogP contribution in [-0.2, 0) is 6.54 Å². The fraction of sp³-hybridized carbons (Fsp3) is 0.143. The van der Waals surface area contributed by atoms with Gasteiger partial charge in [-0.1, -0.05) is 24.3 Å². The van der Waals surface area contributed by atoms with E-state index in [0.717, 1.165) is 23.4 Å². The van der Waals surface area contributed by atoms with Crippen molar-refractivity contribution in [3.8, 4) is 0 Å². The second-order valence-electron chi connectivity index (χ2n) is 4.24. The van der Waals surface area contributed by atoms with E-state index < -0.39 is 0 Å². The highest BCUT2D eigenvalue weighted by Crippen LogP contribution is 2.18. The molecule has 2 N–H and O–H groups in total. The van der Waals surface area contributed by atoms with E-state index in [1.807, 2.05) is 18.3 Å². The Balaban J connectivity index is 1.85. The quantitative estimate of drug-likeness (QED) is 0.737. The van der Waals surface area contributed by atoms with Gasteiger partial charge >= 0.3 is 0 Å². The van der Waals surface area contributed by atoms with Crippen LogP contribution in [0.4, 0.5) is 5.82 Å². The first-order valence-corrected chi connectivity index (χ1v) is 5.91. The standard InChI is InChI=1S/C14H14N4/c1-10-4-2-3-5-11(10)8-16-14-12-6-7-15-13(12)17-9-18-14/h2-7,9H,8H2,1H3,(H2,15,16,17,18). The van der Waals surface area contributed by atoms with Crippen molar-refractivity contribution in [1.29, 1.82) is 0 Å². The zero-order chi connectivity index (χ0) is 12.4. The summed E-state index contributed by atoms with van der Waals surface area (Å²) in [6.07, 6.45) is 3.44. The van der Waals surface area contributed by atoms with Crippen molar-refractivity contribution in [1.82, 2.24) is 15.0 Å². The van der Waals surface area contributed by atoms with Crippen LogP contribution in [0.15, 0.2) is 42.9 Å². The van der Waals surface area contributed by atoms with Gasteiger partial charge in [-0.05, 0) is 24.1 Å². The lowest BCUT2D eigenvalue weighted by atomic mass is 10.1. The largest absolute Gasteiger partial charge is 0.365 e. The van der Waals surface area contributed by atoms with E-state index in [2.05, 4.69) is 45.4 Å². The summed E-state index contributed by atoms with van der Waals surface area (Å²) in [5.41, 5.74) is 3.42. The van der Waals surface area contributed by atoms with Crippen molar-refractivity contribution >= 4 is 16.9 Å². The van der Waals surface area contributed by atoms with Crippen LogP contribution in [0.2, 0.25) is 0 Å². The van der Waals surface area contributed by atoms with Crippen molar-refractivity contribution < 1.29 is 0 Å². The number of nitrogens with one attached hydrogen (secondary N) is 2. The van der Waals surface area contributed by atoms with Crippen LogP contribution >= 0.6 is 0 Å². The minimum atomic E-state index is 0.768. The molecule has 90 valence electrons. The molecule has 0 saturated carbocycles. The zero-order valence-corrected chi connectivity index (χ0v) is 10.1. The number of anilines is 1. The van der Waals surface area contributed by atoms with Gasteiger partial charge in [0.25, 0.3) is 0 Å². The van der Waals surface area contributed by atoms with Gasteiger partial charge in [0.1, 0.15) is 17.8 Å². The van der Waals surface area contributed by atoms with Crippen LogP contribution in [0.1, 0.15) is 11.1 Å². The SMILES string of the molecule is Cc1ccccc1CNc1ncnc2[nH]ccc12. The minimum Gasteiger partial charge on any atom is -0.365 e. The molecule has 3 aromatic rings. The zero-order valence-electron chi connectivity index (χ0n) is 10.1. The van der Waals surface area contributed by atoms with Crippen molar-refractivity contribution in [2.45, 2.75) is 13.5 Å². The van der Waals surface area contributed by atoms with Crippen LogP contribution in [0.3, 0.4) is 0 Å². The van der Waals surface area contributed by atoms with Crippen LogP contribution in [0.25, 0.3) is 11.0 Å². The van der Waals surface area contributed by atoms with Crippen LogP contribution in [-0.4, -0.2) is 15.0 Å². The molecule has 0 aliphatic heterocycles. The molecule has 0 atom stereocenters. The fourth-order valence-electron chi connectivity index (χ4n) is 2.00. The summed E-state index contributed by atoms with van der Waals surface area (Å²) in [5, 5.41) is 4.38. The topological polar surface area (TPSA) is 53.6 Å². The number of H-pyrrole nitrogens is 1. The molecule has 4 nitrogen and oxygen atoms in total. The van der Waals surface area contributed by atoms with Gasteiger partial charge in [0.2, 0.25) is 0 Å². The van der Waals surface area contributed by atoms with Gasteiger partial charge in [0.05, 0.1) is 5.39 Å². The van der Waals surface area contributed by atoms with Gasteiger partial charge in [0, 0.05) is 12.7 Å². The van der Waals surface area contributed by atoms with Gasteiger partial charge in [-0.3, -0.25) is 0 Å². The molecule has 4 heteroatoms. The maximum Gasteiger partial charge on any atom is 0.142 e. The number of hydrogen-bond acceptors (Lipinski definition) is 3. The summed E-state index contributed by atoms with van der Waals surface area (Å²) in [6, 6.07) is 10.3. The first kappa shape index (κ1) is 10.8. The molecule has 0 radical (unpaired) electrons. The van der Waals surface area contributed by atoms with E-state index in [9.17, 15) is 0 Å². The summed E-state index contributed by atoms with van der Waals surface area (Å²) in [5.74, 6) is 0.865. The van der Waals surface area contributed by atoms with Gasteiger partial charge in [-0.25, -0.2) is 9.97 Å². The Morgan fingerprint density at radius 3 is 2.94 bits per heavy atom. The molecule has 0 aliphatic carbocycles. The van der Waals surface area contributed by atoms with Crippen molar-refractivity contribution in [2.75, 3.05) is 5.32 Å². The highest BCUT2D eigenvalue weighted by atomic mass is 15.0. The third-order valence-corrected chi connectivity index (χ3v) is 3.06. The number of benzene rings is 1. The molecule has 3 rings (SSSR count). The fourth-order valence-corrected chi connectivity index (χ4v) is 2.00. The van der Waals surface area contributed by atoms with Gasteiger partial charge in [0.15, 0.2) is 0 Å². The summed E-state index contributed by atoms with van der Waals surface area (Å²) in [4.78, 5) is 11.5. The molecule has 18 heavy (non-hydrogen) atoms. The third-order valence-electron chi connectivity index (χ3n) is 3.06. The monoisotopic (exact) mass is 238 g/mol. The molecular weight excluding hydrogens is 224 g/mol. The van der Waals surface area contributed by atoms with Crippen LogP contribution < -0.4 is 5.32 Å². The normalized spacial score (nSPS) is 10.7. The summed E-state index contributed by atoms with van der Waals surface area (Å²) in [6.45, 7) is 2.88.